The Morgan fingerprint density at radius 2 is 1.94 bits per heavy atom. The van der Waals surface area contributed by atoms with Crippen LogP contribution in [-0.4, -0.2) is 53.5 Å². The molecule has 0 radical (unpaired) electrons. The summed E-state index contributed by atoms with van der Waals surface area (Å²) >= 11 is 0. The molecule has 6 heteroatoms. The second kappa shape index (κ2) is 9.69. The lowest BCUT2D eigenvalue weighted by molar-refractivity contribution is -0.144. The Kier molecular flexibility index (Phi) is 6.76. The minimum absolute atomic E-state index is 0.0331. The van der Waals surface area contributed by atoms with Crippen molar-refractivity contribution in [2.45, 2.75) is 57.7 Å². The normalized spacial score (nSPS) is 22.5. The number of nitrogens with zero attached hydrogens (tertiary/aromatic N) is 2. The Morgan fingerprint density at radius 1 is 1.13 bits per heavy atom. The second-order valence-corrected chi connectivity index (χ2v) is 8.91. The van der Waals surface area contributed by atoms with E-state index in [9.17, 15) is 9.59 Å². The van der Waals surface area contributed by atoms with Crippen molar-refractivity contribution in [1.29, 1.82) is 0 Å². The van der Waals surface area contributed by atoms with Gasteiger partial charge in [0.2, 0.25) is 11.8 Å². The number of rotatable bonds is 9. The largest absolute Gasteiger partial charge is 0.467 e. The van der Waals surface area contributed by atoms with E-state index in [1.165, 1.54) is 5.56 Å². The summed E-state index contributed by atoms with van der Waals surface area (Å²) in [5.74, 6) is 0.976. The summed E-state index contributed by atoms with van der Waals surface area (Å²) in [6, 6.07) is 13.8. The van der Waals surface area contributed by atoms with Crippen molar-refractivity contribution in [3.8, 4) is 0 Å². The maximum atomic E-state index is 13.3. The molecule has 1 aliphatic heterocycles. The standard InChI is InChI=1S/C25H32N2O4/c1-18(2)27(25(29)23-14-22(23)19-8-4-3-5-9-19)17-24(28)26(15-20-10-6-12-30-20)16-21-11-7-13-31-21/h3-6,8-10,12,18,21-23H,7,11,13-17H2,1-2H3. The first-order valence-corrected chi connectivity index (χ1v) is 11.3. The molecular weight excluding hydrogens is 392 g/mol. The van der Waals surface area contributed by atoms with E-state index in [-0.39, 0.29) is 42.3 Å². The Bertz CT molecular complexity index is 859. The average Bonchev–Trinajstić information content (AvgIpc) is 3.11. The second-order valence-electron chi connectivity index (χ2n) is 8.91. The topological polar surface area (TPSA) is 63.0 Å². The molecule has 2 aliphatic rings. The fourth-order valence-electron chi connectivity index (χ4n) is 4.39. The average molecular weight is 425 g/mol. The third-order valence-corrected chi connectivity index (χ3v) is 6.27. The maximum absolute atomic E-state index is 13.3. The first-order chi connectivity index (χ1) is 15.0. The minimum Gasteiger partial charge on any atom is -0.467 e. The number of benzene rings is 1. The van der Waals surface area contributed by atoms with Crippen LogP contribution in [-0.2, 0) is 20.9 Å². The molecular formula is C25H32N2O4. The van der Waals surface area contributed by atoms with Crippen LogP contribution in [0.15, 0.2) is 53.1 Å². The molecule has 4 rings (SSSR count). The van der Waals surface area contributed by atoms with E-state index >= 15 is 0 Å². The summed E-state index contributed by atoms with van der Waals surface area (Å²) in [6.45, 7) is 5.69. The number of ether oxygens (including phenoxy) is 1. The molecule has 0 spiro atoms. The van der Waals surface area contributed by atoms with Crippen LogP contribution in [0, 0.1) is 5.92 Å². The van der Waals surface area contributed by atoms with Gasteiger partial charge in [0.05, 0.1) is 18.9 Å². The maximum Gasteiger partial charge on any atom is 0.242 e. The number of carbonyl (C=O) groups excluding carboxylic acids is 2. The summed E-state index contributed by atoms with van der Waals surface area (Å²) in [4.78, 5) is 30.1. The zero-order valence-corrected chi connectivity index (χ0v) is 18.4. The summed E-state index contributed by atoms with van der Waals surface area (Å²) in [7, 11) is 0. The van der Waals surface area contributed by atoms with Gasteiger partial charge in [0.25, 0.3) is 0 Å². The molecule has 1 aromatic carbocycles. The zero-order valence-electron chi connectivity index (χ0n) is 18.4. The molecule has 1 saturated carbocycles. The van der Waals surface area contributed by atoms with Crippen molar-refractivity contribution in [2.75, 3.05) is 19.7 Å². The monoisotopic (exact) mass is 424 g/mol. The Morgan fingerprint density at radius 3 is 2.58 bits per heavy atom. The molecule has 3 unspecified atom stereocenters. The highest BCUT2D eigenvalue weighted by molar-refractivity contribution is 5.88. The van der Waals surface area contributed by atoms with Gasteiger partial charge in [-0.1, -0.05) is 30.3 Å². The van der Waals surface area contributed by atoms with Crippen LogP contribution >= 0.6 is 0 Å². The molecule has 1 saturated heterocycles. The zero-order chi connectivity index (χ0) is 21.8. The van der Waals surface area contributed by atoms with E-state index in [4.69, 9.17) is 9.15 Å². The number of hydrogen-bond donors (Lipinski definition) is 0. The highest BCUT2D eigenvalue weighted by atomic mass is 16.5. The highest BCUT2D eigenvalue weighted by Crippen LogP contribution is 2.48. The molecule has 2 heterocycles. The van der Waals surface area contributed by atoms with Crippen LogP contribution in [0.4, 0.5) is 0 Å². The van der Waals surface area contributed by atoms with Gasteiger partial charge in [0.1, 0.15) is 12.3 Å². The molecule has 2 fully saturated rings. The van der Waals surface area contributed by atoms with E-state index in [2.05, 4.69) is 12.1 Å². The minimum atomic E-state index is -0.0640. The van der Waals surface area contributed by atoms with Crippen molar-refractivity contribution in [2.24, 2.45) is 5.92 Å². The van der Waals surface area contributed by atoms with Gasteiger partial charge in [0, 0.05) is 25.1 Å². The SMILES string of the molecule is CC(C)N(CC(=O)N(Cc1ccco1)CC1CCCO1)C(=O)C1CC1c1ccccc1. The van der Waals surface area contributed by atoms with Crippen LogP contribution in [0.3, 0.4) is 0 Å². The molecule has 166 valence electrons. The first-order valence-electron chi connectivity index (χ1n) is 11.3. The van der Waals surface area contributed by atoms with Gasteiger partial charge in [-0.2, -0.15) is 0 Å². The van der Waals surface area contributed by atoms with Crippen LogP contribution in [0.25, 0.3) is 0 Å². The Balaban J connectivity index is 1.42. The quantitative estimate of drug-likeness (QED) is 0.614. The van der Waals surface area contributed by atoms with Gasteiger partial charge in [-0.05, 0) is 56.7 Å². The van der Waals surface area contributed by atoms with E-state index in [1.807, 2.05) is 44.2 Å². The molecule has 6 nitrogen and oxygen atoms in total. The fraction of sp³-hybridized carbons (Fsp3) is 0.520. The number of furan rings is 1. The Hall–Kier alpha value is -2.60. The van der Waals surface area contributed by atoms with Gasteiger partial charge in [-0.15, -0.1) is 0 Å². The molecule has 3 atom stereocenters. The summed E-state index contributed by atoms with van der Waals surface area (Å²) < 4.78 is 11.2. The van der Waals surface area contributed by atoms with Gasteiger partial charge >= 0.3 is 0 Å². The van der Waals surface area contributed by atoms with Gasteiger partial charge in [-0.25, -0.2) is 0 Å². The van der Waals surface area contributed by atoms with Crippen LogP contribution in [0.5, 0.6) is 0 Å². The van der Waals surface area contributed by atoms with Gasteiger partial charge in [0.15, 0.2) is 0 Å². The van der Waals surface area contributed by atoms with Gasteiger partial charge in [-0.3, -0.25) is 9.59 Å². The predicted molar refractivity (Wildman–Crippen MR) is 117 cm³/mol. The number of carbonyl (C=O) groups is 2. The predicted octanol–water partition coefficient (Wildman–Crippen LogP) is 3.83. The van der Waals surface area contributed by atoms with Crippen LogP contribution < -0.4 is 0 Å². The van der Waals surface area contributed by atoms with Crippen LogP contribution in [0.2, 0.25) is 0 Å². The molecule has 2 aromatic rings. The lowest BCUT2D eigenvalue weighted by Crippen LogP contribution is -2.47. The third kappa shape index (κ3) is 5.37. The van der Waals surface area contributed by atoms with Crippen molar-refractivity contribution in [1.82, 2.24) is 9.80 Å². The van der Waals surface area contributed by atoms with Crippen molar-refractivity contribution < 1.29 is 18.7 Å². The number of hydrogen-bond acceptors (Lipinski definition) is 4. The first kappa shape index (κ1) is 21.6. The lowest BCUT2D eigenvalue weighted by Gasteiger charge is -2.31. The molecule has 2 amide bonds. The molecule has 1 aromatic heterocycles. The summed E-state index contributed by atoms with van der Waals surface area (Å²) in [5.41, 5.74) is 1.20. The van der Waals surface area contributed by atoms with Crippen molar-refractivity contribution in [3.05, 3.63) is 60.1 Å². The Labute approximate surface area is 184 Å². The van der Waals surface area contributed by atoms with Crippen LogP contribution in [0.1, 0.15) is 50.4 Å². The summed E-state index contributed by atoms with van der Waals surface area (Å²) in [6.07, 6.45) is 4.49. The fourth-order valence-corrected chi connectivity index (χ4v) is 4.39. The smallest absolute Gasteiger partial charge is 0.242 e. The molecule has 0 bridgehead atoms. The van der Waals surface area contributed by atoms with Gasteiger partial charge < -0.3 is 19.0 Å². The van der Waals surface area contributed by atoms with Crippen molar-refractivity contribution in [3.63, 3.8) is 0 Å². The summed E-state index contributed by atoms with van der Waals surface area (Å²) in [5, 5.41) is 0. The van der Waals surface area contributed by atoms with E-state index in [1.54, 1.807) is 16.1 Å². The van der Waals surface area contributed by atoms with Crippen molar-refractivity contribution >= 4 is 11.8 Å². The van der Waals surface area contributed by atoms with E-state index in [0.717, 1.165) is 31.6 Å². The number of amides is 2. The van der Waals surface area contributed by atoms with E-state index < -0.39 is 0 Å². The molecule has 31 heavy (non-hydrogen) atoms. The van der Waals surface area contributed by atoms with E-state index in [0.29, 0.717) is 13.1 Å². The lowest BCUT2D eigenvalue weighted by atomic mass is 10.1. The molecule has 0 N–H and O–H groups in total. The third-order valence-electron chi connectivity index (χ3n) is 6.27. The molecule has 1 aliphatic carbocycles. The highest BCUT2D eigenvalue weighted by Gasteiger charge is 2.46.